The second-order valence-electron chi connectivity index (χ2n) is 3.96. The average molecular weight is 252 g/mol. The van der Waals surface area contributed by atoms with Crippen LogP contribution in [0, 0.1) is 13.8 Å². The Kier molecular flexibility index (Phi) is 3.33. The van der Waals surface area contributed by atoms with Crippen LogP contribution in [0.15, 0.2) is 30.3 Å². The number of benzene rings is 1. The molecule has 0 radical (unpaired) electrons. The molecule has 0 aliphatic carbocycles. The van der Waals surface area contributed by atoms with Gasteiger partial charge < -0.3 is 5.73 Å². The Balaban J connectivity index is 2.33. The maximum atomic E-state index is 6.20. The summed E-state index contributed by atoms with van der Waals surface area (Å²) in [5.74, 6) is 0. The van der Waals surface area contributed by atoms with Crippen LogP contribution in [0.2, 0.25) is 4.34 Å². The highest BCUT2D eigenvalue weighted by Crippen LogP contribution is 2.30. The molecule has 0 amide bonds. The van der Waals surface area contributed by atoms with Crippen LogP contribution in [0.1, 0.15) is 27.6 Å². The summed E-state index contributed by atoms with van der Waals surface area (Å²) in [6.45, 7) is 4.21. The topological polar surface area (TPSA) is 26.0 Å². The molecule has 1 aromatic carbocycles. The van der Waals surface area contributed by atoms with E-state index in [0.717, 1.165) is 14.8 Å². The zero-order valence-corrected chi connectivity index (χ0v) is 10.9. The summed E-state index contributed by atoms with van der Waals surface area (Å²) in [6, 6.07) is 10.2. The van der Waals surface area contributed by atoms with Crippen LogP contribution in [0.3, 0.4) is 0 Å². The Hall–Kier alpha value is -0.830. The summed E-state index contributed by atoms with van der Waals surface area (Å²) in [4.78, 5) is 1.10. The monoisotopic (exact) mass is 251 g/mol. The highest BCUT2D eigenvalue weighted by Gasteiger charge is 2.11. The fourth-order valence-corrected chi connectivity index (χ4v) is 2.71. The molecule has 0 aliphatic rings. The molecule has 0 spiro atoms. The summed E-state index contributed by atoms with van der Waals surface area (Å²) in [7, 11) is 0. The van der Waals surface area contributed by atoms with Crippen molar-refractivity contribution in [3.63, 3.8) is 0 Å². The number of rotatable bonds is 2. The third kappa shape index (κ3) is 2.29. The number of hydrogen-bond donors (Lipinski definition) is 1. The van der Waals surface area contributed by atoms with Gasteiger partial charge in [0.15, 0.2) is 0 Å². The summed E-state index contributed by atoms with van der Waals surface area (Å²) >= 11 is 7.45. The molecule has 2 rings (SSSR count). The van der Waals surface area contributed by atoms with Gasteiger partial charge in [0.25, 0.3) is 0 Å². The van der Waals surface area contributed by atoms with Crippen molar-refractivity contribution in [2.75, 3.05) is 0 Å². The van der Waals surface area contributed by atoms with Crippen molar-refractivity contribution in [1.82, 2.24) is 0 Å². The van der Waals surface area contributed by atoms with Crippen molar-refractivity contribution in [3.8, 4) is 0 Å². The Labute approximate surface area is 105 Å². The average Bonchev–Trinajstić information content (AvgIpc) is 2.68. The van der Waals surface area contributed by atoms with Crippen molar-refractivity contribution in [2.24, 2.45) is 5.73 Å². The largest absolute Gasteiger partial charge is 0.320 e. The van der Waals surface area contributed by atoms with Crippen molar-refractivity contribution in [2.45, 2.75) is 19.9 Å². The predicted molar refractivity (Wildman–Crippen MR) is 71.3 cm³/mol. The Morgan fingerprint density at radius 2 is 1.88 bits per heavy atom. The Morgan fingerprint density at radius 3 is 2.44 bits per heavy atom. The molecule has 1 nitrogen and oxygen atoms in total. The van der Waals surface area contributed by atoms with Gasteiger partial charge in [-0.2, -0.15) is 0 Å². The molecule has 0 saturated heterocycles. The number of hydrogen-bond acceptors (Lipinski definition) is 2. The number of halogens is 1. The van der Waals surface area contributed by atoms with Gasteiger partial charge in [0, 0.05) is 4.88 Å². The maximum absolute atomic E-state index is 6.20. The van der Waals surface area contributed by atoms with Gasteiger partial charge in [-0.25, -0.2) is 0 Å². The maximum Gasteiger partial charge on any atom is 0.0931 e. The van der Waals surface area contributed by atoms with E-state index in [4.69, 9.17) is 17.3 Å². The van der Waals surface area contributed by atoms with E-state index in [1.165, 1.54) is 11.1 Å². The van der Waals surface area contributed by atoms with E-state index in [1.807, 2.05) is 12.1 Å². The van der Waals surface area contributed by atoms with E-state index in [1.54, 1.807) is 11.3 Å². The molecule has 1 heterocycles. The van der Waals surface area contributed by atoms with E-state index >= 15 is 0 Å². The van der Waals surface area contributed by atoms with Crippen LogP contribution >= 0.6 is 22.9 Å². The molecular formula is C13H14ClNS. The van der Waals surface area contributed by atoms with Crippen LogP contribution in [-0.2, 0) is 0 Å². The fourth-order valence-electron chi connectivity index (χ4n) is 1.62. The van der Waals surface area contributed by atoms with Crippen molar-refractivity contribution in [1.29, 1.82) is 0 Å². The fraction of sp³-hybridized carbons (Fsp3) is 0.231. The van der Waals surface area contributed by atoms with Gasteiger partial charge in [-0.15, -0.1) is 11.3 Å². The number of nitrogens with two attached hydrogens (primary N) is 1. The van der Waals surface area contributed by atoms with Crippen molar-refractivity contribution in [3.05, 3.63) is 56.2 Å². The lowest BCUT2D eigenvalue weighted by Gasteiger charge is -2.11. The van der Waals surface area contributed by atoms with E-state index in [0.29, 0.717) is 0 Å². The highest BCUT2D eigenvalue weighted by atomic mass is 35.5. The van der Waals surface area contributed by atoms with E-state index in [9.17, 15) is 0 Å². The normalized spacial score (nSPS) is 12.8. The van der Waals surface area contributed by atoms with Gasteiger partial charge in [0.1, 0.15) is 0 Å². The van der Waals surface area contributed by atoms with E-state index in [-0.39, 0.29) is 6.04 Å². The van der Waals surface area contributed by atoms with Crippen LogP contribution in [0.5, 0.6) is 0 Å². The highest BCUT2D eigenvalue weighted by molar-refractivity contribution is 7.16. The standard InChI is InChI=1S/C13H14ClNS/c1-8-3-4-10(7-9(8)2)13(15)11-5-6-12(14)16-11/h3-7,13H,15H2,1-2H3. The lowest BCUT2D eigenvalue weighted by molar-refractivity contribution is 0.890. The summed E-state index contributed by atoms with van der Waals surface area (Å²) in [5, 5.41) is 0. The van der Waals surface area contributed by atoms with Gasteiger partial charge in [0.05, 0.1) is 10.4 Å². The quantitative estimate of drug-likeness (QED) is 0.856. The first-order valence-corrected chi connectivity index (χ1v) is 6.35. The first-order chi connectivity index (χ1) is 7.58. The minimum absolute atomic E-state index is 0.0724. The molecule has 0 fully saturated rings. The summed E-state index contributed by atoms with van der Waals surface area (Å²) in [5.41, 5.74) is 9.91. The first kappa shape index (κ1) is 11.6. The van der Waals surface area contributed by atoms with Crippen molar-refractivity contribution >= 4 is 22.9 Å². The molecule has 16 heavy (non-hydrogen) atoms. The van der Waals surface area contributed by atoms with Gasteiger partial charge in [-0.1, -0.05) is 29.8 Å². The van der Waals surface area contributed by atoms with Crippen molar-refractivity contribution < 1.29 is 0 Å². The number of thiophene rings is 1. The smallest absolute Gasteiger partial charge is 0.0931 e. The van der Waals surface area contributed by atoms with E-state index in [2.05, 4.69) is 32.0 Å². The SMILES string of the molecule is Cc1ccc(C(N)c2ccc(Cl)s2)cc1C. The minimum atomic E-state index is -0.0724. The second kappa shape index (κ2) is 4.58. The van der Waals surface area contributed by atoms with Crippen LogP contribution in [0.25, 0.3) is 0 Å². The van der Waals surface area contributed by atoms with Gasteiger partial charge >= 0.3 is 0 Å². The zero-order chi connectivity index (χ0) is 11.7. The minimum Gasteiger partial charge on any atom is -0.320 e. The van der Waals surface area contributed by atoms with Crippen LogP contribution in [-0.4, -0.2) is 0 Å². The molecule has 1 aromatic heterocycles. The molecule has 1 unspecified atom stereocenters. The first-order valence-electron chi connectivity index (χ1n) is 5.16. The molecule has 2 N–H and O–H groups in total. The molecule has 3 heteroatoms. The second-order valence-corrected chi connectivity index (χ2v) is 5.71. The van der Waals surface area contributed by atoms with Crippen LogP contribution in [0.4, 0.5) is 0 Å². The molecule has 0 bridgehead atoms. The summed E-state index contributed by atoms with van der Waals surface area (Å²) < 4.78 is 0.786. The third-order valence-corrected chi connectivity index (χ3v) is 4.10. The third-order valence-electron chi connectivity index (χ3n) is 2.79. The number of aryl methyl sites for hydroxylation is 2. The summed E-state index contributed by atoms with van der Waals surface area (Å²) in [6.07, 6.45) is 0. The Bertz CT molecular complexity index is 504. The predicted octanol–water partition coefficient (Wildman–Crippen LogP) is 4.07. The Morgan fingerprint density at radius 1 is 1.12 bits per heavy atom. The molecule has 84 valence electrons. The van der Waals surface area contributed by atoms with Gasteiger partial charge in [-0.3, -0.25) is 0 Å². The molecule has 0 saturated carbocycles. The zero-order valence-electron chi connectivity index (χ0n) is 9.33. The lowest BCUT2D eigenvalue weighted by Crippen LogP contribution is -2.10. The van der Waals surface area contributed by atoms with Gasteiger partial charge in [-0.05, 0) is 42.7 Å². The van der Waals surface area contributed by atoms with E-state index < -0.39 is 0 Å². The lowest BCUT2D eigenvalue weighted by atomic mass is 10.0. The molecular weight excluding hydrogens is 238 g/mol. The molecule has 0 aliphatic heterocycles. The van der Waals surface area contributed by atoms with Crippen LogP contribution < -0.4 is 5.73 Å². The molecule has 1 atom stereocenters. The molecule has 2 aromatic rings. The van der Waals surface area contributed by atoms with Gasteiger partial charge in [0.2, 0.25) is 0 Å².